The van der Waals surface area contributed by atoms with Gasteiger partial charge in [0.2, 0.25) is 0 Å². The summed E-state index contributed by atoms with van der Waals surface area (Å²) in [5.74, 6) is 0. The van der Waals surface area contributed by atoms with Crippen molar-refractivity contribution in [3.05, 3.63) is 16.1 Å². The first kappa shape index (κ1) is 14.0. The summed E-state index contributed by atoms with van der Waals surface area (Å²) >= 11 is 1.73. The van der Waals surface area contributed by atoms with E-state index in [1.807, 2.05) is 0 Å². The fourth-order valence-corrected chi connectivity index (χ4v) is 3.50. The molecule has 1 aliphatic rings. The molecule has 4 heteroatoms. The average molecular weight is 267 g/mol. The number of thiazole rings is 1. The van der Waals surface area contributed by atoms with E-state index in [2.05, 4.69) is 35.0 Å². The molecule has 0 radical (unpaired) electrons. The molecule has 1 fully saturated rings. The highest BCUT2D eigenvalue weighted by atomic mass is 32.1. The minimum Gasteiger partial charge on any atom is -0.314 e. The molecular weight excluding hydrogens is 242 g/mol. The Morgan fingerprint density at radius 1 is 1.33 bits per heavy atom. The Kier molecular flexibility index (Phi) is 5.15. The fraction of sp³-hybridized carbons (Fsp3) is 0.786. The van der Waals surface area contributed by atoms with Gasteiger partial charge in [-0.2, -0.15) is 0 Å². The van der Waals surface area contributed by atoms with Gasteiger partial charge < -0.3 is 10.6 Å². The number of aryl methyl sites for hydroxylation is 1. The van der Waals surface area contributed by atoms with Gasteiger partial charge in [-0.25, -0.2) is 4.98 Å². The van der Waals surface area contributed by atoms with E-state index in [1.54, 1.807) is 11.3 Å². The van der Waals surface area contributed by atoms with Crippen molar-refractivity contribution in [3.63, 3.8) is 0 Å². The van der Waals surface area contributed by atoms with Crippen molar-refractivity contribution in [2.24, 2.45) is 0 Å². The van der Waals surface area contributed by atoms with Crippen LogP contribution in [0.3, 0.4) is 0 Å². The highest BCUT2D eigenvalue weighted by Gasteiger charge is 2.29. The second kappa shape index (κ2) is 6.64. The summed E-state index contributed by atoms with van der Waals surface area (Å²) in [4.78, 5) is 4.47. The Morgan fingerprint density at radius 2 is 2.11 bits per heavy atom. The van der Waals surface area contributed by atoms with Crippen molar-refractivity contribution in [2.45, 2.75) is 57.5 Å². The molecule has 0 amide bonds. The van der Waals surface area contributed by atoms with Crippen LogP contribution in [0.2, 0.25) is 0 Å². The van der Waals surface area contributed by atoms with Gasteiger partial charge in [0.15, 0.2) is 0 Å². The molecule has 1 heterocycles. The Morgan fingerprint density at radius 3 is 2.72 bits per heavy atom. The summed E-state index contributed by atoms with van der Waals surface area (Å²) in [5.41, 5.74) is 1.57. The predicted octanol–water partition coefficient (Wildman–Crippen LogP) is 2.85. The standard InChI is InChI=1S/C14H25N3S/c1-12-17-13(11-18-12)10-16-9-8-14(15-2)6-4-3-5-7-14/h11,15-16H,3-10H2,1-2H3. The first-order chi connectivity index (χ1) is 8.74. The molecule has 1 aromatic rings. The molecule has 2 rings (SSSR count). The summed E-state index contributed by atoms with van der Waals surface area (Å²) in [7, 11) is 2.12. The summed E-state index contributed by atoms with van der Waals surface area (Å²) in [6, 6.07) is 0. The molecule has 0 spiro atoms. The van der Waals surface area contributed by atoms with Crippen LogP contribution < -0.4 is 10.6 Å². The first-order valence-corrected chi connectivity index (χ1v) is 7.93. The van der Waals surface area contributed by atoms with Gasteiger partial charge in [0.05, 0.1) is 10.7 Å². The van der Waals surface area contributed by atoms with Crippen molar-refractivity contribution in [1.29, 1.82) is 0 Å². The van der Waals surface area contributed by atoms with Crippen molar-refractivity contribution in [1.82, 2.24) is 15.6 Å². The normalized spacial score (nSPS) is 19.0. The molecule has 0 aliphatic heterocycles. The van der Waals surface area contributed by atoms with Crippen molar-refractivity contribution in [3.8, 4) is 0 Å². The van der Waals surface area contributed by atoms with Gasteiger partial charge in [-0.15, -0.1) is 11.3 Å². The number of nitrogens with one attached hydrogen (secondary N) is 2. The molecule has 0 bridgehead atoms. The maximum Gasteiger partial charge on any atom is 0.0897 e. The Bertz CT molecular complexity index is 356. The third-order valence-electron chi connectivity index (χ3n) is 4.09. The average Bonchev–Trinajstić information content (AvgIpc) is 2.82. The largest absolute Gasteiger partial charge is 0.314 e. The molecule has 0 aromatic carbocycles. The van der Waals surface area contributed by atoms with Gasteiger partial charge in [0.25, 0.3) is 0 Å². The van der Waals surface area contributed by atoms with Crippen molar-refractivity contribution < 1.29 is 0 Å². The van der Waals surface area contributed by atoms with Crippen molar-refractivity contribution >= 4 is 11.3 Å². The number of rotatable bonds is 6. The highest BCUT2D eigenvalue weighted by Crippen LogP contribution is 2.30. The van der Waals surface area contributed by atoms with Crippen LogP contribution in [-0.2, 0) is 6.54 Å². The smallest absolute Gasteiger partial charge is 0.0897 e. The molecule has 0 atom stereocenters. The van der Waals surface area contributed by atoms with E-state index < -0.39 is 0 Å². The van der Waals surface area contributed by atoms with E-state index in [9.17, 15) is 0 Å². The van der Waals surface area contributed by atoms with E-state index in [0.29, 0.717) is 5.54 Å². The van der Waals surface area contributed by atoms with Gasteiger partial charge in [-0.1, -0.05) is 19.3 Å². The lowest BCUT2D eigenvalue weighted by Gasteiger charge is -2.37. The third kappa shape index (κ3) is 3.77. The molecule has 1 aliphatic carbocycles. The van der Waals surface area contributed by atoms with Gasteiger partial charge >= 0.3 is 0 Å². The summed E-state index contributed by atoms with van der Waals surface area (Å²) in [6.45, 7) is 4.05. The van der Waals surface area contributed by atoms with Gasteiger partial charge in [0, 0.05) is 17.5 Å². The predicted molar refractivity (Wildman–Crippen MR) is 78.1 cm³/mol. The zero-order chi connectivity index (χ0) is 12.8. The maximum absolute atomic E-state index is 4.47. The first-order valence-electron chi connectivity index (χ1n) is 7.05. The minimum absolute atomic E-state index is 0.392. The number of hydrogen-bond donors (Lipinski definition) is 2. The Balaban J connectivity index is 1.70. The monoisotopic (exact) mass is 267 g/mol. The molecule has 3 nitrogen and oxygen atoms in total. The lowest BCUT2D eigenvalue weighted by molar-refractivity contribution is 0.228. The van der Waals surface area contributed by atoms with Gasteiger partial charge in [-0.3, -0.25) is 0 Å². The van der Waals surface area contributed by atoms with Crippen LogP contribution >= 0.6 is 11.3 Å². The molecule has 0 unspecified atom stereocenters. The highest BCUT2D eigenvalue weighted by molar-refractivity contribution is 7.09. The second-order valence-corrected chi connectivity index (χ2v) is 6.44. The van der Waals surface area contributed by atoms with E-state index in [-0.39, 0.29) is 0 Å². The molecule has 2 N–H and O–H groups in total. The van der Waals surface area contributed by atoms with Gasteiger partial charge in [0.1, 0.15) is 0 Å². The molecule has 0 saturated heterocycles. The number of aromatic nitrogens is 1. The zero-order valence-corrected chi connectivity index (χ0v) is 12.4. The van der Waals surface area contributed by atoms with E-state index in [0.717, 1.165) is 18.1 Å². The Hall–Kier alpha value is -0.450. The van der Waals surface area contributed by atoms with Crippen LogP contribution in [0, 0.1) is 6.92 Å². The van der Waals surface area contributed by atoms with Crippen LogP contribution in [0.25, 0.3) is 0 Å². The minimum atomic E-state index is 0.392. The lowest BCUT2D eigenvalue weighted by Crippen LogP contribution is -2.46. The van der Waals surface area contributed by atoms with Crippen LogP contribution in [0.1, 0.15) is 49.2 Å². The quantitative estimate of drug-likeness (QED) is 0.778. The van der Waals surface area contributed by atoms with Crippen LogP contribution in [0.15, 0.2) is 5.38 Å². The maximum atomic E-state index is 4.47. The summed E-state index contributed by atoms with van der Waals surface area (Å²) in [5, 5.41) is 10.4. The molecule has 1 saturated carbocycles. The van der Waals surface area contributed by atoms with E-state index in [1.165, 1.54) is 44.2 Å². The SMILES string of the molecule is CNC1(CCNCc2csc(C)n2)CCCCC1. The van der Waals surface area contributed by atoms with Crippen LogP contribution in [0.5, 0.6) is 0 Å². The van der Waals surface area contributed by atoms with Crippen LogP contribution in [0.4, 0.5) is 0 Å². The zero-order valence-electron chi connectivity index (χ0n) is 11.6. The second-order valence-electron chi connectivity index (χ2n) is 5.38. The number of nitrogens with zero attached hydrogens (tertiary/aromatic N) is 1. The van der Waals surface area contributed by atoms with E-state index >= 15 is 0 Å². The fourth-order valence-electron chi connectivity index (χ4n) is 2.89. The summed E-state index contributed by atoms with van der Waals surface area (Å²) < 4.78 is 0. The number of hydrogen-bond acceptors (Lipinski definition) is 4. The van der Waals surface area contributed by atoms with Gasteiger partial charge in [-0.05, 0) is 39.8 Å². The topological polar surface area (TPSA) is 37.0 Å². The van der Waals surface area contributed by atoms with Crippen molar-refractivity contribution in [2.75, 3.05) is 13.6 Å². The Labute approximate surface area is 114 Å². The molecule has 1 aromatic heterocycles. The lowest BCUT2D eigenvalue weighted by atomic mass is 9.79. The molecular formula is C14H25N3S. The van der Waals surface area contributed by atoms with E-state index in [4.69, 9.17) is 0 Å². The molecule has 102 valence electrons. The van der Waals surface area contributed by atoms with Crippen LogP contribution in [-0.4, -0.2) is 24.1 Å². The summed E-state index contributed by atoms with van der Waals surface area (Å²) in [6.07, 6.45) is 8.07. The molecule has 18 heavy (non-hydrogen) atoms. The third-order valence-corrected chi connectivity index (χ3v) is 4.92.